The fourth-order valence-electron chi connectivity index (χ4n) is 2.05. The van der Waals surface area contributed by atoms with Crippen LogP contribution in [0.4, 0.5) is 0 Å². The summed E-state index contributed by atoms with van der Waals surface area (Å²) in [4.78, 5) is 0. The molecule has 80 valence electrons. The van der Waals surface area contributed by atoms with Crippen LogP contribution in [0.2, 0.25) is 0 Å². The Hall–Kier alpha value is -0.590. The SMILES string of the molecule is N#CCCCOC1CCCCC1CN. The summed E-state index contributed by atoms with van der Waals surface area (Å²) in [6, 6.07) is 2.13. The zero-order valence-electron chi connectivity index (χ0n) is 8.74. The molecule has 1 saturated carbocycles. The van der Waals surface area contributed by atoms with Gasteiger partial charge in [0.15, 0.2) is 0 Å². The lowest BCUT2D eigenvalue weighted by Crippen LogP contribution is -2.33. The lowest BCUT2D eigenvalue weighted by Gasteiger charge is -2.30. The topological polar surface area (TPSA) is 59.0 Å². The van der Waals surface area contributed by atoms with E-state index in [4.69, 9.17) is 15.7 Å². The number of unbranched alkanes of at least 4 members (excludes halogenated alkanes) is 1. The Balaban J connectivity index is 2.17. The lowest BCUT2D eigenvalue weighted by atomic mass is 9.86. The first-order chi connectivity index (χ1) is 6.88. The van der Waals surface area contributed by atoms with E-state index in [1.54, 1.807) is 0 Å². The van der Waals surface area contributed by atoms with Gasteiger partial charge in [0.1, 0.15) is 0 Å². The third-order valence-electron chi connectivity index (χ3n) is 2.91. The van der Waals surface area contributed by atoms with Gasteiger partial charge < -0.3 is 10.5 Å². The molecule has 3 nitrogen and oxygen atoms in total. The van der Waals surface area contributed by atoms with E-state index < -0.39 is 0 Å². The maximum absolute atomic E-state index is 8.38. The monoisotopic (exact) mass is 196 g/mol. The van der Waals surface area contributed by atoms with Gasteiger partial charge in [-0.15, -0.1) is 0 Å². The number of nitriles is 1. The standard InChI is InChI=1S/C11H20N2O/c12-7-3-4-8-14-11-6-2-1-5-10(11)9-13/h10-11H,1-6,8-9,13H2. The maximum atomic E-state index is 8.38. The molecule has 1 aliphatic carbocycles. The average molecular weight is 196 g/mol. The molecule has 0 spiro atoms. The molecule has 3 heteroatoms. The third-order valence-corrected chi connectivity index (χ3v) is 2.91. The van der Waals surface area contributed by atoms with E-state index in [2.05, 4.69) is 6.07 Å². The van der Waals surface area contributed by atoms with Crippen LogP contribution in [0, 0.1) is 17.2 Å². The summed E-state index contributed by atoms with van der Waals surface area (Å²) in [5, 5.41) is 8.38. The lowest BCUT2D eigenvalue weighted by molar-refractivity contribution is -0.00844. The number of hydrogen-bond acceptors (Lipinski definition) is 3. The Labute approximate surface area is 86.2 Å². The van der Waals surface area contributed by atoms with Crippen LogP contribution < -0.4 is 5.73 Å². The summed E-state index contributed by atoms with van der Waals surface area (Å²) >= 11 is 0. The predicted octanol–water partition coefficient (Wildman–Crippen LogP) is 1.82. The molecule has 1 rings (SSSR count). The molecule has 0 bridgehead atoms. The highest BCUT2D eigenvalue weighted by Crippen LogP contribution is 2.26. The predicted molar refractivity (Wildman–Crippen MR) is 55.6 cm³/mol. The molecule has 1 fully saturated rings. The summed E-state index contributed by atoms with van der Waals surface area (Å²) < 4.78 is 5.76. The van der Waals surface area contributed by atoms with Gasteiger partial charge in [0.05, 0.1) is 12.2 Å². The van der Waals surface area contributed by atoms with Crippen LogP contribution in [-0.4, -0.2) is 19.3 Å². The van der Waals surface area contributed by atoms with Gasteiger partial charge >= 0.3 is 0 Å². The Kier molecular flexibility index (Phi) is 5.58. The van der Waals surface area contributed by atoms with Crippen molar-refractivity contribution >= 4 is 0 Å². The van der Waals surface area contributed by atoms with E-state index in [1.165, 1.54) is 19.3 Å². The molecule has 1 aliphatic rings. The summed E-state index contributed by atoms with van der Waals surface area (Å²) in [5.41, 5.74) is 5.69. The summed E-state index contributed by atoms with van der Waals surface area (Å²) in [7, 11) is 0. The first-order valence-corrected chi connectivity index (χ1v) is 5.57. The fraction of sp³-hybridized carbons (Fsp3) is 0.909. The van der Waals surface area contributed by atoms with Gasteiger partial charge in [0.2, 0.25) is 0 Å². The number of ether oxygens (including phenoxy) is 1. The van der Waals surface area contributed by atoms with Crippen LogP contribution in [-0.2, 0) is 4.74 Å². The highest BCUT2D eigenvalue weighted by molar-refractivity contribution is 4.77. The number of rotatable bonds is 5. The molecule has 14 heavy (non-hydrogen) atoms. The highest BCUT2D eigenvalue weighted by Gasteiger charge is 2.23. The van der Waals surface area contributed by atoms with E-state index in [0.29, 0.717) is 25.0 Å². The highest BCUT2D eigenvalue weighted by atomic mass is 16.5. The van der Waals surface area contributed by atoms with Gasteiger partial charge in [-0.3, -0.25) is 0 Å². The first kappa shape index (κ1) is 11.5. The molecule has 0 aromatic heterocycles. The van der Waals surface area contributed by atoms with Gasteiger partial charge in [0.25, 0.3) is 0 Å². The van der Waals surface area contributed by atoms with Crippen molar-refractivity contribution in [2.45, 2.75) is 44.6 Å². The minimum Gasteiger partial charge on any atom is -0.378 e. The largest absolute Gasteiger partial charge is 0.378 e. The molecule has 2 N–H and O–H groups in total. The molecule has 0 amide bonds. The number of nitrogens with zero attached hydrogens (tertiary/aromatic N) is 1. The molecule has 0 heterocycles. The van der Waals surface area contributed by atoms with Gasteiger partial charge in [-0.1, -0.05) is 12.8 Å². The number of nitrogens with two attached hydrogens (primary N) is 1. The number of hydrogen-bond donors (Lipinski definition) is 1. The molecule has 0 aromatic rings. The minimum absolute atomic E-state index is 0.354. The zero-order chi connectivity index (χ0) is 10.2. The summed E-state index contributed by atoms with van der Waals surface area (Å²) in [6.07, 6.45) is 6.71. The minimum atomic E-state index is 0.354. The second kappa shape index (κ2) is 6.80. The van der Waals surface area contributed by atoms with Crippen molar-refractivity contribution in [3.63, 3.8) is 0 Å². The second-order valence-electron chi connectivity index (χ2n) is 3.95. The van der Waals surface area contributed by atoms with E-state index in [0.717, 1.165) is 19.4 Å². The van der Waals surface area contributed by atoms with Crippen LogP contribution >= 0.6 is 0 Å². The molecule has 0 saturated heterocycles. The summed E-state index contributed by atoms with van der Waals surface area (Å²) in [6.45, 7) is 1.46. The molecule has 0 aromatic carbocycles. The van der Waals surface area contributed by atoms with E-state index in [1.807, 2.05) is 0 Å². The van der Waals surface area contributed by atoms with Crippen LogP contribution in [0.3, 0.4) is 0 Å². The zero-order valence-corrected chi connectivity index (χ0v) is 8.74. The van der Waals surface area contributed by atoms with Crippen molar-refractivity contribution in [1.82, 2.24) is 0 Å². The molecule has 2 atom stereocenters. The quantitative estimate of drug-likeness (QED) is 0.682. The third kappa shape index (κ3) is 3.65. The maximum Gasteiger partial charge on any atom is 0.0622 e. The van der Waals surface area contributed by atoms with E-state index in [-0.39, 0.29) is 0 Å². The van der Waals surface area contributed by atoms with Crippen molar-refractivity contribution < 1.29 is 4.74 Å². The van der Waals surface area contributed by atoms with Gasteiger partial charge in [0, 0.05) is 13.0 Å². The molecule has 2 unspecified atom stereocenters. The van der Waals surface area contributed by atoms with E-state index in [9.17, 15) is 0 Å². The summed E-state index contributed by atoms with van der Waals surface area (Å²) in [5.74, 6) is 0.547. The van der Waals surface area contributed by atoms with Gasteiger partial charge in [-0.25, -0.2) is 0 Å². The van der Waals surface area contributed by atoms with Crippen LogP contribution in [0.1, 0.15) is 38.5 Å². The van der Waals surface area contributed by atoms with Crippen LogP contribution in [0.15, 0.2) is 0 Å². The Morgan fingerprint density at radius 2 is 2.14 bits per heavy atom. The Morgan fingerprint density at radius 1 is 1.36 bits per heavy atom. The first-order valence-electron chi connectivity index (χ1n) is 5.57. The normalized spacial score (nSPS) is 27.1. The Morgan fingerprint density at radius 3 is 2.86 bits per heavy atom. The Bertz CT molecular complexity index is 188. The van der Waals surface area contributed by atoms with Crippen LogP contribution in [0.5, 0.6) is 0 Å². The van der Waals surface area contributed by atoms with Crippen molar-refractivity contribution in [3.05, 3.63) is 0 Å². The second-order valence-corrected chi connectivity index (χ2v) is 3.95. The van der Waals surface area contributed by atoms with Crippen molar-refractivity contribution in [2.75, 3.05) is 13.2 Å². The van der Waals surface area contributed by atoms with Crippen molar-refractivity contribution in [3.8, 4) is 6.07 Å². The molecule has 0 aliphatic heterocycles. The fourth-order valence-corrected chi connectivity index (χ4v) is 2.05. The van der Waals surface area contributed by atoms with Crippen molar-refractivity contribution in [1.29, 1.82) is 5.26 Å². The molecular formula is C11H20N2O. The smallest absolute Gasteiger partial charge is 0.0622 e. The van der Waals surface area contributed by atoms with Crippen LogP contribution in [0.25, 0.3) is 0 Å². The van der Waals surface area contributed by atoms with Crippen molar-refractivity contribution in [2.24, 2.45) is 11.7 Å². The average Bonchev–Trinajstić information content (AvgIpc) is 2.25. The molecule has 0 radical (unpaired) electrons. The van der Waals surface area contributed by atoms with E-state index >= 15 is 0 Å². The molecular weight excluding hydrogens is 176 g/mol. The van der Waals surface area contributed by atoms with Gasteiger partial charge in [-0.2, -0.15) is 5.26 Å². The van der Waals surface area contributed by atoms with Gasteiger partial charge in [-0.05, 0) is 31.7 Å².